The molecule has 6 heteroatoms. The number of ether oxygens (including phenoxy) is 2. The summed E-state index contributed by atoms with van der Waals surface area (Å²) in [4.78, 5) is 7.60. The van der Waals surface area contributed by atoms with Crippen LogP contribution in [-0.4, -0.2) is 44.5 Å². The van der Waals surface area contributed by atoms with E-state index < -0.39 is 0 Å². The van der Waals surface area contributed by atoms with Gasteiger partial charge in [-0.25, -0.2) is 4.99 Å². The fourth-order valence-corrected chi connectivity index (χ4v) is 4.62. The Morgan fingerprint density at radius 2 is 1.93 bits per heavy atom. The Labute approximate surface area is 175 Å². The third-order valence-electron chi connectivity index (χ3n) is 5.26. The van der Waals surface area contributed by atoms with Crippen LogP contribution in [0.1, 0.15) is 6.42 Å². The van der Waals surface area contributed by atoms with Crippen molar-refractivity contribution < 1.29 is 14.4 Å². The lowest BCUT2D eigenvalue weighted by molar-refractivity contribution is -0.908. The Morgan fingerprint density at radius 3 is 2.72 bits per heavy atom. The maximum absolute atomic E-state index is 5.48. The van der Waals surface area contributed by atoms with Gasteiger partial charge in [-0.05, 0) is 17.7 Å². The minimum absolute atomic E-state index is 0.827. The smallest absolute Gasteiger partial charge is 0.190 e. The summed E-state index contributed by atoms with van der Waals surface area (Å²) < 4.78 is 13.2. The first-order valence-corrected chi connectivity index (χ1v) is 11.1. The number of hydrogen-bond donors (Lipinski definition) is 1. The summed E-state index contributed by atoms with van der Waals surface area (Å²) in [6.45, 7) is 6.11. The van der Waals surface area contributed by atoms with E-state index in [0.717, 1.165) is 55.5 Å². The van der Waals surface area contributed by atoms with E-state index in [-0.39, 0.29) is 0 Å². The van der Waals surface area contributed by atoms with Gasteiger partial charge >= 0.3 is 0 Å². The second kappa shape index (κ2) is 9.87. The molecule has 1 N–H and O–H groups in total. The SMILES string of the molecule is COc1cccc(N=c2scc(-c3ccccc3)n2CCC[NH+]2CCOCC2)c1. The molecule has 152 valence electrons. The van der Waals surface area contributed by atoms with Gasteiger partial charge < -0.3 is 18.9 Å². The first kappa shape index (κ1) is 19.9. The van der Waals surface area contributed by atoms with Crippen LogP contribution in [0.25, 0.3) is 11.3 Å². The van der Waals surface area contributed by atoms with E-state index in [1.165, 1.54) is 17.8 Å². The number of morpholine rings is 1. The minimum Gasteiger partial charge on any atom is -0.497 e. The van der Waals surface area contributed by atoms with E-state index in [4.69, 9.17) is 14.5 Å². The van der Waals surface area contributed by atoms with E-state index >= 15 is 0 Å². The highest BCUT2D eigenvalue weighted by molar-refractivity contribution is 7.07. The van der Waals surface area contributed by atoms with Crippen molar-refractivity contribution in [3.8, 4) is 17.0 Å². The Morgan fingerprint density at radius 1 is 1.10 bits per heavy atom. The van der Waals surface area contributed by atoms with Crippen molar-refractivity contribution in [2.45, 2.75) is 13.0 Å². The summed E-state index contributed by atoms with van der Waals surface area (Å²) in [7, 11) is 1.69. The average Bonchev–Trinajstić information content (AvgIpc) is 3.17. The first-order valence-electron chi connectivity index (χ1n) is 10.2. The fourth-order valence-electron chi connectivity index (χ4n) is 3.66. The summed E-state index contributed by atoms with van der Waals surface area (Å²) >= 11 is 1.69. The second-order valence-corrected chi connectivity index (χ2v) is 8.04. The van der Waals surface area contributed by atoms with Gasteiger partial charge in [0.25, 0.3) is 0 Å². The molecule has 2 aromatic carbocycles. The molecule has 3 aromatic rings. The molecule has 0 radical (unpaired) electrons. The van der Waals surface area contributed by atoms with Crippen LogP contribution in [0.4, 0.5) is 5.69 Å². The molecule has 1 aromatic heterocycles. The molecule has 2 heterocycles. The molecule has 0 aliphatic carbocycles. The molecular weight excluding hydrogens is 382 g/mol. The van der Waals surface area contributed by atoms with Gasteiger partial charge in [-0.2, -0.15) is 0 Å². The zero-order valence-corrected chi connectivity index (χ0v) is 17.7. The fraction of sp³-hybridized carbons (Fsp3) is 0.348. The monoisotopic (exact) mass is 410 g/mol. The van der Waals surface area contributed by atoms with Gasteiger partial charge in [0.05, 0.1) is 38.2 Å². The van der Waals surface area contributed by atoms with Crippen LogP contribution in [0.5, 0.6) is 5.75 Å². The summed E-state index contributed by atoms with van der Waals surface area (Å²) in [5, 5.41) is 2.22. The standard InChI is InChI=1S/C23H27N3O2S/c1-27-21-10-5-9-20(17-21)24-23-26(12-6-11-25-13-15-28-16-14-25)22(18-29-23)19-7-3-2-4-8-19/h2-5,7-10,17-18H,6,11-16H2,1H3/p+1. The van der Waals surface area contributed by atoms with Crippen molar-refractivity contribution in [2.75, 3.05) is 40.0 Å². The average molecular weight is 411 g/mol. The topological polar surface area (TPSA) is 40.2 Å². The maximum Gasteiger partial charge on any atom is 0.190 e. The van der Waals surface area contributed by atoms with Gasteiger partial charge in [-0.1, -0.05) is 36.4 Å². The van der Waals surface area contributed by atoms with E-state index in [1.807, 2.05) is 24.3 Å². The zero-order valence-electron chi connectivity index (χ0n) is 16.8. The number of thiazole rings is 1. The highest BCUT2D eigenvalue weighted by Crippen LogP contribution is 2.22. The van der Waals surface area contributed by atoms with Gasteiger partial charge in [0.15, 0.2) is 4.80 Å². The highest BCUT2D eigenvalue weighted by atomic mass is 32.1. The van der Waals surface area contributed by atoms with Crippen molar-refractivity contribution in [1.82, 2.24) is 4.57 Å². The number of hydrogen-bond acceptors (Lipinski definition) is 4. The summed E-state index contributed by atoms with van der Waals surface area (Å²) in [6.07, 6.45) is 1.12. The van der Waals surface area contributed by atoms with Gasteiger partial charge in [0, 0.05) is 24.4 Å². The molecule has 0 amide bonds. The predicted octanol–water partition coefficient (Wildman–Crippen LogP) is 2.76. The van der Waals surface area contributed by atoms with Gasteiger partial charge in [0.1, 0.15) is 18.8 Å². The first-order chi connectivity index (χ1) is 14.3. The molecular formula is C23H28N3O2S+. The number of benzene rings is 2. The largest absolute Gasteiger partial charge is 0.497 e. The van der Waals surface area contributed by atoms with Crippen LogP contribution < -0.4 is 14.4 Å². The third kappa shape index (κ3) is 5.15. The molecule has 4 rings (SSSR count). The number of nitrogens with zero attached hydrogens (tertiary/aromatic N) is 2. The van der Waals surface area contributed by atoms with E-state index in [1.54, 1.807) is 23.3 Å². The molecule has 0 saturated carbocycles. The Kier molecular flexibility index (Phi) is 6.77. The van der Waals surface area contributed by atoms with Crippen LogP contribution in [-0.2, 0) is 11.3 Å². The minimum atomic E-state index is 0.827. The van der Waals surface area contributed by atoms with Crippen molar-refractivity contribution >= 4 is 17.0 Å². The highest BCUT2D eigenvalue weighted by Gasteiger charge is 2.14. The Bertz CT molecular complexity index is 975. The van der Waals surface area contributed by atoms with E-state index in [9.17, 15) is 0 Å². The number of rotatable bonds is 7. The summed E-state index contributed by atoms with van der Waals surface area (Å²) in [5.74, 6) is 0.827. The number of quaternary nitrogens is 1. The summed E-state index contributed by atoms with van der Waals surface area (Å²) in [5.41, 5.74) is 3.38. The van der Waals surface area contributed by atoms with Crippen LogP contribution in [0.2, 0.25) is 0 Å². The van der Waals surface area contributed by atoms with E-state index in [0.29, 0.717) is 0 Å². The van der Waals surface area contributed by atoms with Crippen LogP contribution >= 0.6 is 11.3 Å². The molecule has 29 heavy (non-hydrogen) atoms. The predicted molar refractivity (Wildman–Crippen MR) is 117 cm³/mol. The van der Waals surface area contributed by atoms with Gasteiger partial charge in [0.2, 0.25) is 0 Å². The van der Waals surface area contributed by atoms with Crippen LogP contribution in [0.15, 0.2) is 65.0 Å². The molecule has 1 aliphatic heterocycles. The van der Waals surface area contributed by atoms with Crippen molar-refractivity contribution in [3.63, 3.8) is 0 Å². The molecule has 0 unspecified atom stereocenters. The van der Waals surface area contributed by atoms with Crippen LogP contribution in [0.3, 0.4) is 0 Å². The van der Waals surface area contributed by atoms with Crippen LogP contribution in [0, 0.1) is 0 Å². The number of nitrogens with one attached hydrogen (secondary N) is 1. The maximum atomic E-state index is 5.48. The molecule has 5 nitrogen and oxygen atoms in total. The number of aromatic nitrogens is 1. The summed E-state index contributed by atoms with van der Waals surface area (Å²) in [6, 6.07) is 18.5. The molecule has 0 spiro atoms. The lowest BCUT2D eigenvalue weighted by atomic mass is 10.2. The molecule has 0 bridgehead atoms. The van der Waals surface area contributed by atoms with Crippen molar-refractivity contribution in [3.05, 3.63) is 64.8 Å². The lowest BCUT2D eigenvalue weighted by Crippen LogP contribution is -3.14. The zero-order chi connectivity index (χ0) is 19.9. The Hall–Kier alpha value is -2.41. The third-order valence-corrected chi connectivity index (χ3v) is 6.12. The van der Waals surface area contributed by atoms with E-state index in [2.05, 4.69) is 40.3 Å². The molecule has 1 saturated heterocycles. The van der Waals surface area contributed by atoms with Gasteiger partial charge in [-0.15, -0.1) is 11.3 Å². The van der Waals surface area contributed by atoms with Crippen molar-refractivity contribution in [2.24, 2.45) is 4.99 Å². The lowest BCUT2D eigenvalue weighted by Gasteiger charge is -2.23. The quantitative estimate of drug-likeness (QED) is 0.651. The molecule has 1 fully saturated rings. The molecule has 1 aliphatic rings. The molecule has 0 atom stereocenters. The Balaban J connectivity index is 1.62. The van der Waals surface area contributed by atoms with Gasteiger partial charge in [-0.3, -0.25) is 0 Å². The number of methoxy groups -OCH3 is 1. The van der Waals surface area contributed by atoms with Crippen molar-refractivity contribution in [1.29, 1.82) is 0 Å². The second-order valence-electron chi connectivity index (χ2n) is 7.20. The normalized spacial score (nSPS) is 15.6.